The van der Waals surface area contributed by atoms with Crippen molar-refractivity contribution in [3.8, 4) is 34.5 Å². The van der Waals surface area contributed by atoms with Gasteiger partial charge in [0.2, 0.25) is 0 Å². The zero-order valence-electron chi connectivity index (χ0n) is 38.8. The highest BCUT2D eigenvalue weighted by Crippen LogP contribution is 2.47. The maximum absolute atomic E-state index is 12.8. The summed E-state index contributed by atoms with van der Waals surface area (Å²) >= 11 is 0. The van der Waals surface area contributed by atoms with E-state index in [9.17, 15) is 14.4 Å². The second-order valence-corrected chi connectivity index (χ2v) is 15.8. The molecule has 0 aromatic heterocycles. The van der Waals surface area contributed by atoms with E-state index >= 15 is 0 Å². The van der Waals surface area contributed by atoms with E-state index < -0.39 is 17.9 Å². The topological polar surface area (TPSA) is 134 Å². The van der Waals surface area contributed by atoms with Gasteiger partial charge in [0, 0.05) is 0 Å². The van der Waals surface area contributed by atoms with Crippen LogP contribution in [0, 0.1) is 0 Å². The first-order valence-corrected chi connectivity index (χ1v) is 23.6. The first-order valence-electron chi connectivity index (χ1n) is 23.6. The second-order valence-electron chi connectivity index (χ2n) is 15.8. The van der Waals surface area contributed by atoms with Crippen LogP contribution in [0.5, 0.6) is 34.5 Å². The second kappa shape index (κ2) is 28.5. The fourth-order valence-corrected chi connectivity index (χ4v) is 6.82. The van der Waals surface area contributed by atoms with Gasteiger partial charge in [-0.3, -0.25) is 0 Å². The molecule has 0 aliphatic carbocycles. The van der Waals surface area contributed by atoms with Gasteiger partial charge in [0.25, 0.3) is 0 Å². The van der Waals surface area contributed by atoms with E-state index in [0.29, 0.717) is 74.1 Å². The molecule has 0 amide bonds. The molecule has 0 N–H and O–H groups in total. The maximum atomic E-state index is 12.8. The van der Waals surface area contributed by atoms with E-state index in [1.807, 2.05) is 57.2 Å². The van der Waals surface area contributed by atoms with Gasteiger partial charge in [-0.05, 0) is 107 Å². The zero-order chi connectivity index (χ0) is 45.2. The largest absolute Gasteiger partial charge is 0.490 e. The molecule has 0 radical (unpaired) electrons. The van der Waals surface area contributed by atoms with E-state index in [0.717, 1.165) is 129 Å². The van der Waals surface area contributed by atoms with Gasteiger partial charge in [-0.15, -0.1) is 0 Å². The lowest BCUT2D eigenvalue weighted by molar-refractivity contribution is -0.147. The normalized spacial score (nSPS) is 11.1. The summed E-state index contributed by atoms with van der Waals surface area (Å²) in [5.74, 6) is 1.16. The molecular weight excluding hydrogens is 805 g/mol. The number of ether oxygens (including phenoxy) is 9. The third kappa shape index (κ3) is 16.2. The van der Waals surface area contributed by atoms with Crippen molar-refractivity contribution in [3.05, 3.63) is 36.4 Å². The Kier molecular flexibility index (Phi) is 22.9. The van der Waals surface area contributed by atoms with Gasteiger partial charge in [-0.1, -0.05) is 99.3 Å². The highest BCUT2D eigenvalue weighted by atomic mass is 16.6. The minimum atomic E-state index is -0.469. The first kappa shape index (κ1) is 50.5. The van der Waals surface area contributed by atoms with Crippen LogP contribution < -0.4 is 28.4 Å². The average molecular weight is 877 g/mol. The number of fused-ring (bicyclic) bond motifs is 6. The molecule has 0 spiro atoms. The van der Waals surface area contributed by atoms with Crippen LogP contribution in [-0.4, -0.2) is 77.4 Å². The smallest absolute Gasteiger partial charge is 0.344 e. The van der Waals surface area contributed by atoms with Gasteiger partial charge in [-0.25, -0.2) is 14.4 Å². The highest BCUT2D eigenvalue weighted by Gasteiger charge is 2.22. The predicted molar refractivity (Wildman–Crippen MR) is 248 cm³/mol. The summed E-state index contributed by atoms with van der Waals surface area (Å²) in [5, 5.41) is 4.74. The van der Waals surface area contributed by atoms with E-state index in [1.54, 1.807) is 0 Å². The lowest BCUT2D eigenvalue weighted by Gasteiger charge is -2.20. The molecule has 4 aromatic rings. The molecule has 0 saturated heterocycles. The van der Waals surface area contributed by atoms with Crippen LogP contribution in [0.1, 0.15) is 138 Å². The molecular formula is C51H72O12. The molecule has 0 saturated carbocycles. The number of unbranched alkanes of at least 4 members (excludes halogenated alkanes) is 9. The summed E-state index contributed by atoms with van der Waals surface area (Å²) in [4.78, 5) is 38.5. The fraction of sp³-hybridized carbons (Fsp3) is 0.588. The quantitative estimate of drug-likeness (QED) is 0.0195. The SMILES string of the molecule is CCCCCOc1cc2c(cc1OCC(=O)OCCCC)c1cc(OCCCCC)c(OCC(=O)OCCCC)cc1c1cc(OCCCCC)c(OCC(=O)OCCCC)cc21. The maximum Gasteiger partial charge on any atom is 0.344 e. The van der Waals surface area contributed by atoms with Crippen LogP contribution in [-0.2, 0) is 28.6 Å². The van der Waals surface area contributed by atoms with Gasteiger partial charge in [-0.2, -0.15) is 0 Å². The average Bonchev–Trinajstić information content (AvgIpc) is 3.28. The standard InChI is InChI=1S/C51H72O12/c1-7-13-19-25-55-43-28-37-40(31-46(43)61-34-49(52)58-22-16-10-4)38-29-44(56-26-20-14-8-2)48(63-36-51(54)60-24-18-12-6)33-42(38)39-30-45(57-27-21-15-9-3)47(32-41(37)39)62-35-50(53)59-23-17-11-5/h28-33H,7-27,34-36H2,1-6H3. The third-order valence-electron chi connectivity index (χ3n) is 10.5. The Hall–Kier alpha value is -5.13. The van der Waals surface area contributed by atoms with Crippen LogP contribution in [0.4, 0.5) is 0 Å². The molecule has 0 bridgehead atoms. The monoisotopic (exact) mass is 877 g/mol. The Morgan fingerprint density at radius 3 is 0.746 bits per heavy atom. The van der Waals surface area contributed by atoms with Crippen LogP contribution in [0.3, 0.4) is 0 Å². The lowest BCUT2D eigenvalue weighted by atomic mass is 9.93. The summed E-state index contributed by atoms with van der Waals surface area (Å²) in [7, 11) is 0. The van der Waals surface area contributed by atoms with E-state index in [2.05, 4.69) is 20.8 Å². The first-order chi connectivity index (χ1) is 30.8. The number of carbonyl (C=O) groups excluding carboxylic acids is 3. The zero-order valence-corrected chi connectivity index (χ0v) is 38.8. The Morgan fingerprint density at radius 1 is 0.302 bits per heavy atom. The fourth-order valence-electron chi connectivity index (χ4n) is 6.82. The molecule has 0 aliphatic rings. The molecule has 0 fully saturated rings. The number of benzene rings is 4. The van der Waals surface area contributed by atoms with Gasteiger partial charge < -0.3 is 42.6 Å². The Balaban J connectivity index is 2.00. The number of hydrogen-bond donors (Lipinski definition) is 0. The molecule has 12 nitrogen and oxygen atoms in total. The lowest BCUT2D eigenvalue weighted by Crippen LogP contribution is -2.16. The highest BCUT2D eigenvalue weighted by molar-refractivity contribution is 6.27. The van der Waals surface area contributed by atoms with Crippen molar-refractivity contribution in [1.82, 2.24) is 0 Å². The predicted octanol–water partition coefficient (Wildman–Crippen LogP) is 12.0. The molecule has 0 unspecified atom stereocenters. The summed E-state index contributed by atoms with van der Waals surface area (Å²) < 4.78 is 54.2. The summed E-state index contributed by atoms with van der Waals surface area (Å²) in [5.41, 5.74) is 0. The molecule has 4 aromatic carbocycles. The Labute approximate surface area is 374 Å². The summed E-state index contributed by atoms with van der Waals surface area (Å²) in [6, 6.07) is 11.5. The molecule has 63 heavy (non-hydrogen) atoms. The van der Waals surface area contributed by atoms with Crippen LogP contribution in [0.25, 0.3) is 32.3 Å². The van der Waals surface area contributed by atoms with Gasteiger partial charge in [0.15, 0.2) is 54.3 Å². The minimum absolute atomic E-state index is 0.296. The van der Waals surface area contributed by atoms with E-state index in [1.165, 1.54) is 0 Å². The van der Waals surface area contributed by atoms with Crippen LogP contribution in [0.2, 0.25) is 0 Å². The van der Waals surface area contributed by atoms with Crippen molar-refractivity contribution in [2.75, 3.05) is 59.5 Å². The van der Waals surface area contributed by atoms with E-state index in [4.69, 9.17) is 42.6 Å². The third-order valence-corrected chi connectivity index (χ3v) is 10.5. The number of rotatable bonds is 33. The minimum Gasteiger partial charge on any atom is -0.490 e. The van der Waals surface area contributed by atoms with Crippen LogP contribution in [0.15, 0.2) is 36.4 Å². The van der Waals surface area contributed by atoms with Crippen LogP contribution >= 0.6 is 0 Å². The van der Waals surface area contributed by atoms with Gasteiger partial charge in [0.1, 0.15) is 0 Å². The van der Waals surface area contributed by atoms with Crippen molar-refractivity contribution >= 4 is 50.2 Å². The Morgan fingerprint density at radius 2 is 0.524 bits per heavy atom. The van der Waals surface area contributed by atoms with Crippen molar-refractivity contribution in [2.45, 2.75) is 138 Å². The molecule has 4 rings (SSSR count). The van der Waals surface area contributed by atoms with Gasteiger partial charge >= 0.3 is 17.9 Å². The molecule has 12 heteroatoms. The molecule has 348 valence electrons. The van der Waals surface area contributed by atoms with Gasteiger partial charge in [0.05, 0.1) is 39.6 Å². The van der Waals surface area contributed by atoms with Crippen molar-refractivity contribution in [1.29, 1.82) is 0 Å². The summed E-state index contributed by atoms with van der Waals surface area (Å²) in [6.07, 6.45) is 13.6. The molecule has 0 aliphatic heterocycles. The number of carbonyl (C=O) groups is 3. The van der Waals surface area contributed by atoms with Crippen molar-refractivity contribution in [2.24, 2.45) is 0 Å². The Bertz CT molecular complexity index is 1770. The number of esters is 3. The van der Waals surface area contributed by atoms with Crippen molar-refractivity contribution < 1.29 is 57.0 Å². The number of hydrogen-bond acceptors (Lipinski definition) is 12. The van der Waals surface area contributed by atoms with Crippen molar-refractivity contribution in [3.63, 3.8) is 0 Å². The molecule has 0 heterocycles. The van der Waals surface area contributed by atoms with E-state index in [-0.39, 0.29) is 19.8 Å². The molecule has 0 atom stereocenters. The summed E-state index contributed by atoms with van der Waals surface area (Å²) in [6.45, 7) is 13.9.